The third kappa shape index (κ3) is 7.20. The van der Waals surface area contributed by atoms with Crippen molar-refractivity contribution in [2.75, 3.05) is 0 Å². The van der Waals surface area contributed by atoms with Crippen LogP contribution in [0.4, 0.5) is 26.3 Å². The maximum Gasteiger partial charge on any atom is -1.00 e. The number of hydrogen-bond acceptors (Lipinski definition) is 0. The summed E-state index contributed by atoms with van der Waals surface area (Å²) in [6, 6.07) is 20.4. The Morgan fingerprint density at radius 2 is 1.31 bits per heavy atom. The average Bonchev–Trinajstić information content (AvgIpc) is 3.56. The molecule has 9 heteroatoms. The van der Waals surface area contributed by atoms with Crippen LogP contribution in [0.15, 0.2) is 113 Å². The summed E-state index contributed by atoms with van der Waals surface area (Å²) in [6.07, 6.45) is -0.865. The number of halogens is 8. The third-order valence-electron chi connectivity index (χ3n) is 8.69. The van der Waals surface area contributed by atoms with Crippen molar-refractivity contribution in [3.05, 3.63) is 158 Å². The predicted octanol–water partition coefficient (Wildman–Crippen LogP) is 4.58. The molecule has 2 aliphatic rings. The first-order valence-electron chi connectivity index (χ1n) is 14.8. The van der Waals surface area contributed by atoms with Gasteiger partial charge < -0.3 is 24.8 Å². The zero-order valence-corrected chi connectivity index (χ0v) is 30.0. The Kier molecular flexibility index (Phi) is 11.2. The third-order valence-corrected chi connectivity index (χ3v) is 16.6. The van der Waals surface area contributed by atoms with Gasteiger partial charge in [-0.2, -0.15) is 0 Å². The SMILES string of the molecule is C=Cc1ccc2c(c1)-c1cc(C=C)c[c]([Zr+2]([C]3=CC(C)=CC3C)=[C](c3cccc(C(F)(F)F)c3)c3cccc(C(F)(F)F)c3)c1C2.[Cl-].[Cl-]. The van der Waals surface area contributed by atoms with Crippen LogP contribution in [-0.4, -0.2) is 3.21 Å². The molecule has 0 radical (unpaired) electrons. The number of alkyl halides is 6. The molecule has 0 spiro atoms. The molecule has 48 heavy (non-hydrogen) atoms. The number of fused-ring (bicyclic) bond motifs is 3. The Morgan fingerprint density at radius 1 is 0.750 bits per heavy atom. The molecule has 4 aromatic carbocycles. The molecule has 0 nitrogen and oxygen atoms in total. The van der Waals surface area contributed by atoms with Crippen LogP contribution in [0.1, 0.15) is 58.4 Å². The summed E-state index contributed by atoms with van der Waals surface area (Å²) in [4.78, 5) is 0. The minimum Gasteiger partial charge on any atom is -1.00 e. The molecule has 0 N–H and O–H groups in total. The van der Waals surface area contributed by atoms with Crippen LogP contribution >= 0.6 is 0 Å². The molecular formula is C39H30Cl2F6Zr. The predicted molar refractivity (Wildman–Crippen MR) is 172 cm³/mol. The second-order valence-electron chi connectivity index (χ2n) is 11.8. The quantitative estimate of drug-likeness (QED) is 0.222. The molecule has 0 heterocycles. The van der Waals surface area contributed by atoms with Gasteiger partial charge in [0.05, 0.1) is 0 Å². The van der Waals surface area contributed by atoms with Crippen LogP contribution < -0.4 is 28.1 Å². The van der Waals surface area contributed by atoms with Crippen molar-refractivity contribution in [2.45, 2.75) is 32.6 Å². The van der Waals surface area contributed by atoms with Gasteiger partial charge in [-0.15, -0.1) is 0 Å². The van der Waals surface area contributed by atoms with Crippen LogP contribution in [0.5, 0.6) is 0 Å². The van der Waals surface area contributed by atoms with E-state index >= 15 is 0 Å². The van der Waals surface area contributed by atoms with Crippen molar-refractivity contribution < 1.29 is 72.4 Å². The fourth-order valence-electron chi connectivity index (χ4n) is 6.58. The van der Waals surface area contributed by atoms with E-state index in [1.165, 1.54) is 12.1 Å². The first-order valence-corrected chi connectivity index (χ1v) is 18.5. The normalized spacial score (nSPS) is 14.7. The Labute approximate surface area is 296 Å². The van der Waals surface area contributed by atoms with E-state index < -0.39 is 44.7 Å². The van der Waals surface area contributed by atoms with Crippen molar-refractivity contribution in [3.8, 4) is 11.1 Å². The van der Waals surface area contributed by atoms with Crippen molar-refractivity contribution >= 4 is 18.6 Å². The molecule has 0 aliphatic heterocycles. The molecule has 0 aromatic heterocycles. The van der Waals surface area contributed by atoms with Gasteiger partial charge in [0.1, 0.15) is 0 Å². The van der Waals surface area contributed by atoms with Gasteiger partial charge in [-0.05, 0) is 0 Å². The molecule has 1 unspecified atom stereocenters. The Balaban J connectivity index is 0.00000260. The van der Waals surface area contributed by atoms with Crippen molar-refractivity contribution in [3.63, 3.8) is 0 Å². The number of rotatable bonds is 6. The molecule has 246 valence electrons. The van der Waals surface area contributed by atoms with E-state index in [1.54, 1.807) is 24.3 Å². The first-order chi connectivity index (χ1) is 21.8. The first kappa shape index (κ1) is 37.6. The molecule has 6 rings (SSSR count). The summed E-state index contributed by atoms with van der Waals surface area (Å²) in [5, 5.41) is 0. The van der Waals surface area contributed by atoms with Gasteiger partial charge in [-0.25, -0.2) is 0 Å². The van der Waals surface area contributed by atoms with E-state index in [4.69, 9.17) is 0 Å². The molecule has 0 amide bonds. The van der Waals surface area contributed by atoms with Crippen LogP contribution in [-0.2, 0) is 40.0 Å². The van der Waals surface area contributed by atoms with E-state index in [1.807, 2.05) is 13.0 Å². The topological polar surface area (TPSA) is 0 Å². The number of hydrogen-bond donors (Lipinski definition) is 0. The maximum absolute atomic E-state index is 14.1. The van der Waals surface area contributed by atoms with Crippen molar-refractivity contribution in [1.82, 2.24) is 0 Å². The smallest absolute Gasteiger partial charge is 1.00 e. The van der Waals surface area contributed by atoms with Gasteiger partial charge in [-0.1, -0.05) is 0 Å². The van der Waals surface area contributed by atoms with Crippen LogP contribution in [0.25, 0.3) is 23.3 Å². The fourth-order valence-corrected chi connectivity index (χ4v) is 15.2. The van der Waals surface area contributed by atoms with Gasteiger partial charge in [-0.3, -0.25) is 0 Å². The maximum atomic E-state index is 14.1. The summed E-state index contributed by atoms with van der Waals surface area (Å²) < 4.78 is 87.3. The molecule has 4 aromatic rings. The standard InChI is InChI=1S/C17H13.C15H8F6.C7H9.2ClH.Zr/c1-3-12-5-7-14-11-15-8-6-13(4-2)10-17(15)16(14)9-12;16-14(17,18)12-5-1-3-10(8-12)7-11-4-2-6-13(9-11)15(19,20)21;1-6-3-4-7(2)5-6;;;/h3-7,9-10H,1-2,11H2;1-6,8-9H;3,5,7H,1-2H3;2*1H;/q;;;;;+2/p-2. The number of benzene rings is 4. The van der Waals surface area contributed by atoms with E-state index in [9.17, 15) is 26.3 Å². The van der Waals surface area contributed by atoms with Crippen molar-refractivity contribution in [1.29, 1.82) is 0 Å². The van der Waals surface area contributed by atoms with E-state index in [-0.39, 0.29) is 30.7 Å². The van der Waals surface area contributed by atoms with E-state index in [2.05, 4.69) is 56.5 Å². The Bertz CT molecular complexity index is 1950. The summed E-state index contributed by atoms with van der Waals surface area (Å²) in [7, 11) is 0. The minimum absolute atomic E-state index is 0. The monoisotopic (exact) mass is 772 g/mol. The molecule has 0 saturated carbocycles. The van der Waals surface area contributed by atoms with Crippen LogP contribution in [0.3, 0.4) is 0 Å². The average molecular weight is 775 g/mol. The van der Waals surface area contributed by atoms with E-state index in [0.29, 0.717) is 20.8 Å². The number of allylic oxidation sites excluding steroid dienone is 4. The summed E-state index contributed by atoms with van der Waals surface area (Å²) in [6.45, 7) is 12.0. The van der Waals surface area contributed by atoms with Gasteiger partial charge in [0.2, 0.25) is 0 Å². The molecule has 0 saturated heterocycles. The van der Waals surface area contributed by atoms with Gasteiger partial charge in [0.15, 0.2) is 0 Å². The van der Waals surface area contributed by atoms with Gasteiger partial charge in [0, 0.05) is 0 Å². The zero-order chi connectivity index (χ0) is 33.0. The summed E-state index contributed by atoms with van der Waals surface area (Å²) in [5.74, 6) is -0.0276. The second kappa shape index (κ2) is 14.3. The Morgan fingerprint density at radius 3 is 1.81 bits per heavy atom. The molecule has 0 fully saturated rings. The molecule has 2 aliphatic carbocycles. The van der Waals surface area contributed by atoms with E-state index in [0.717, 1.165) is 69.8 Å². The fraction of sp³-hybridized carbons (Fsp3) is 0.154. The largest absolute Gasteiger partial charge is 1.00 e. The molecule has 0 bridgehead atoms. The van der Waals surface area contributed by atoms with Crippen LogP contribution in [0, 0.1) is 5.92 Å². The molecular weight excluding hydrogens is 745 g/mol. The van der Waals surface area contributed by atoms with Gasteiger partial charge >= 0.3 is 273 Å². The zero-order valence-electron chi connectivity index (χ0n) is 26.0. The second-order valence-corrected chi connectivity index (χ2v) is 17.6. The van der Waals surface area contributed by atoms with Gasteiger partial charge in [0.25, 0.3) is 0 Å². The summed E-state index contributed by atoms with van der Waals surface area (Å²) >= 11 is -3.65. The van der Waals surface area contributed by atoms with Crippen molar-refractivity contribution in [2.24, 2.45) is 5.92 Å². The summed E-state index contributed by atoms with van der Waals surface area (Å²) in [5.41, 5.74) is 6.03. The van der Waals surface area contributed by atoms with Crippen LogP contribution in [0.2, 0.25) is 0 Å². The molecule has 1 atom stereocenters. The Hall–Kier alpha value is -3.25. The minimum atomic E-state index is -4.62.